The molecule has 0 heterocycles. The number of anilines is 1. The van der Waals surface area contributed by atoms with E-state index in [1.54, 1.807) is 18.2 Å². The van der Waals surface area contributed by atoms with Gasteiger partial charge in [-0.2, -0.15) is 0 Å². The molecule has 0 saturated heterocycles. The molecule has 0 spiro atoms. The molecule has 1 rings (SSSR count). The number of nitrogen functional groups attached to an aromatic ring is 1. The van der Waals surface area contributed by atoms with Gasteiger partial charge in [-0.15, -0.1) is 0 Å². The number of nitrogens with zero attached hydrogens (tertiary/aromatic N) is 1. The summed E-state index contributed by atoms with van der Waals surface area (Å²) in [6.07, 6.45) is 0. The van der Waals surface area contributed by atoms with Gasteiger partial charge in [-0.3, -0.25) is 0 Å². The van der Waals surface area contributed by atoms with E-state index in [0.717, 1.165) is 19.6 Å². The van der Waals surface area contributed by atoms with Crippen LogP contribution in [0.2, 0.25) is 5.02 Å². The Hall–Kier alpha value is -0.930. The molecular formula is C14H23ClN2O. The van der Waals surface area contributed by atoms with Crippen LogP contribution >= 0.6 is 11.6 Å². The van der Waals surface area contributed by atoms with Crippen molar-refractivity contribution in [3.05, 3.63) is 23.2 Å². The van der Waals surface area contributed by atoms with Crippen LogP contribution in [0.5, 0.6) is 5.75 Å². The van der Waals surface area contributed by atoms with Gasteiger partial charge in [0, 0.05) is 23.6 Å². The van der Waals surface area contributed by atoms with Gasteiger partial charge in [-0.1, -0.05) is 32.4 Å². The third kappa shape index (κ3) is 4.75. The zero-order valence-electron chi connectivity index (χ0n) is 11.4. The lowest BCUT2D eigenvalue weighted by Gasteiger charge is -2.23. The second kappa shape index (κ2) is 7.49. The Kier molecular flexibility index (Phi) is 6.30. The van der Waals surface area contributed by atoms with E-state index in [9.17, 15) is 0 Å². The fourth-order valence-corrected chi connectivity index (χ4v) is 2.00. The largest absolute Gasteiger partial charge is 0.491 e. The lowest BCUT2D eigenvalue weighted by atomic mass is 10.2. The standard InChI is InChI=1S/C14H23ClN2O/c1-4-17(5-2)9-11(3)10-18-14-8-12(15)6-7-13(14)16/h6-8,11H,4-5,9-10,16H2,1-3H3. The Morgan fingerprint density at radius 3 is 2.61 bits per heavy atom. The maximum atomic E-state index is 5.92. The Balaban J connectivity index is 2.46. The predicted octanol–water partition coefficient (Wildman–Crippen LogP) is 3.28. The van der Waals surface area contributed by atoms with Gasteiger partial charge in [0.2, 0.25) is 0 Å². The monoisotopic (exact) mass is 270 g/mol. The van der Waals surface area contributed by atoms with E-state index < -0.39 is 0 Å². The molecule has 0 aliphatic heterocycles. The molecule has 1 aromatic rings. The van der Waals surface area contributed by atoms with Crippen molar-refractivity contribution in [2.75, 3.05) is 32.0 Å². The van der Waals surface area contributed by atoms with Crippen LogP contribution in [0.3, 0.4) is 0 Å². The molecule has 0 saturated carbocycles. The second-order valence-electron chi connectivity index (χ2n) is 4.58. The Morgan fingerprint density at radius 2 is 2.00 bits per heavy atom. The number of rotatable bonds is 7. The first-order valence-electron chi connectivity index (χ1n) is 6.47. The molecule has 18 heavy (non-hydrogen) atoms. The summed E-state index contributed by atoms with van der Waals surface area (Å²) in [5.74, 6) is 1.14. The maximum Gasteiger partial charge on any atom is 0.143 e. The van der Waals surface area contributed by atoms with E-state index >= 15 is 0 Å². The van der Waals surface area contributed by atoms with Crippen molar-refractivity contribution in [2.45, 2.75) is 20.8 Å². The molecule has 1 unspecified atom stereocenters. The number of benzene rings is 1. The maximum absolute atomic E-state index is 5.92. The van der Waals surface area contributed by atoms with Crippen LogP contribution < -0.4 is 10.5 Å². The number of nitrogens with two attached hydrogens (primary N) is 1. The van der Waals surface area contributed by atoms with E-state index in [2.05, 4.69) is 25.7 Å². The molecule has 3 nitrogen and oxygen atoms in total. The van der Waals surface area contributed by atoms with Gasteiger partial charge in [-0.05, 0) is 25.2 Å². The van der Waals surface area contributed by atoms with Gasteiger partial charge in [0.05, 0.1) is 12.3 Å². The fourth-order valence-electron chi connectivity index (χ4n) is 1.84. The first-order valence-corrected chi connectivity index (χ1v) is 6.84. The van der Waals surface area contributed by atoms with E-state index in [-0.39, 0.29) is 0 Å². The van der Waals surface area contributed by atoms with Crippen molar-refractivity contribution < 1.29 is 4.74 Å². The quantitative estimate of drug-likeness (QED) is 0.773. The number of halogens is 1. The first-order chi connectivity index (χ1) is 8.56. The molecule has 0 aliphatic carbocycles. The number of ether oxygens (including phenoxy) is 1. The molecule has 1 aromatic carbocycles. The average molecular weight is 271 g/mol. The van der Waals surface area contributed by atoms with Crippen LogP contribution in [0, 0.1) is 5.92 Å². The molecule has 102 valence electrons. The predicted molar refractivity (Wildman–Crippen MR) is 78.3 cm³/mol. The van der Waals surface area contributed by atoms with Crippen LogP contribution in [-0.4, -0.2) is 31.1 Å². The van der Waals surface area contributed by atoms with E-state index in [1.807, 2.05) is 0 Å². The van der Waals surface area contributed by atoms with Gasteiger partial charge < -0.3 is 15.4 Å². The highest BCUT2D eigenvalue weighted by atomic mass is 35.5. The van der Waals surface area contributed by atoms with Crippen molar-refractivity contribution in [3.63, 3.8) is 0 Å². The Morgan fingerprint density at radius 1 is 1.33 bits per heavy atom. The molecular weight excluding hydrogens is 248 g/mol. The van der Waals surface area contributed by atoms with Gasteiger partial charge in [0.25, 0.3) is 0 Å². The molecule has 0 radical (unpaired) electrons. The molecule has 0 aliphatic rings. The van der Waals surface area contributed by atoms with Gasteiger partial charge in [-0.25, -0.2) is 0 Å². The third-order valence-electron chi connectivity index (χ3n) is 2.96. The summed E-state index contributed by atoms with van der Waals surface area (Å²) in [5, 5.41) is 0.649. The van der Waals surface area contributed by atoms with Crippen molar-refractivity contribution in [1.82, 2.24) is 4.90 Å². The van der Waals surface area contributed by atoms with E-state index in [4.69, 9.17) is 22.1 Å². The van der Waals surface area contributed by atoms with Crippen molar-refractivity contribution in [2.24, 2.45) is 5.92 Å². The highest BCUT2D eigenvalue weighted by Crippen LogP contribution is 2.25. The lowest BCUT2D eigenvalue weighted by molar-refractivity contribution is 0.196. The summed E-state index contributed by atoms with van der Waals surface area (Å²) < 4.78 is 5.73. The molecule has 0 aromatic heterocycles. The van der Waals surface area contributed by atoms with Crippen molar-refractivity contribution in [1.29, 1.82) is 0 Å². The zero-order valence-corrected chi connectivity index (χ0v) is 12.2. The third-order valence-corrected chi connectivity index (χ3v) is 3.20. The highest BCUT2D eigenvalue weighted by molar-refractivity contribution is 6.30. The average Bonchev–Trinajstić information content (AvgIpc) is 2.37. The molecule has 0 fully saturated rings. The van der Waals surface area contributed by atoms with Crippen LogP contribution in [0.15, 0.2) is 18.2 Å². The minimum absolute atomic E-state index is 0.461. The molecule has 1 atom stereocenters. The fraction of sp³-hybridized carbons (Fsp3) is 0.571. The topological polar surface area (TPSA) is 38.5 Å². The summed E-state index contributed by atoms with van der Waals surface area (Å²) in [5.41, 5.74) is 6.47. The van der Waals surface area contributed by atoms with Crippen LogP contribution in [0.4, 0.5) is 5.69 Å². The van der Waals surface area contributed by atoms with Gasteiger partial charge in [0.15, 0.2) is 0 Å². The molecule has 0 amide bonds. The minimum Gasteiger partial charge on any atom is -0.491 e. The summed E-state index contributed by atoms with van der Waals surface area (Å²) in [6, 6.07) is 5.30. The first kappa shape index (κ1) is 15.1. The van der Waals surface area contributed by atoms with E-state index in [1.165, 1.54) is 0 Å². The summed E-state index contributed by atoms with van der Waals surface area (Å²) in [4.78, 5) is 2.38. The van der Waals surface area contributed by atoms with E-state index in [0.29, 0.717) is 29.0 Å². The molecule has 4 heteroatoms. The highest BCUT2D eigenvalue weighted by Gasteiger charge is 2.09. The van der Waals surface area contributed by atoms with Crippen LogP contribution in [0.25, 0.3) is 0 Å². The Labute approximate surface area is 115 Å². The minimum atomic E-state index is 0.461. The zero-order chi connectivity index (χ0) is 13.5. The van der Waals surface area contributed by atoms with Crippen molar-refractivity contribution >= 4 is 17.3 Å². The lowest BCUT2D eigenvalue weighted by Crippen LogP contribution is -2.30. The summed E-state index contributed by atoms with van der Waals surface area (Å²) in [6.45, 7) is 10.4. The van der Waals surface area contributed by atoms with Gasteiger partial charge >= 0.3 is 0 Å². The Bertz CT molecular complexity index is 367. The molecule has 2 N–H and O–H groups in total. The normalized spacial score (nSPS) is 12.7. The van der Waals surface area contributed by atoms with Crippen LogP contribution in [-0.2, 0) is 0 Å². The number of hydrogen-bond acceptors (Lipinski definition) is 3. The second-order valence-corrected chi connectivity index (χ2v) is 5.02. The van der Waals surface area contributed by atoms with Crippen LogP contribution in [0.1, 0.15) is 20.8 Å². The van der Waals surface area contributed by atoms with Crippen molar-refractivity contribution in [3.8, 4) is 5.75 Å². The number of hydrogen-bond donors (Lipinski definition) is 1. The summed E-state index contributed by atoms with van der Waals surface area (Å²) >= 11 is 5.92. The SMILES string of the molecule is CCN(CC)CC(C)COc1cc(Cl)ccc1N. The van der Waals surface area contributed by atoms with Gasteiger partial charge in [0.1, 0.15) is 5.75 Å². The smallest absolute Gasteiger partial charge is 0.143 e. The molecule has 0 bridgehead atoms. The summed E-state index contributed by atoms with van der Waals surface area (Å²) in [7, 11) is 0.